The maximum absolute atomic E-state index is 3.42. The number of nitrogens with zero attached hydrogens (tertiary/aromatic N) is 1. The Labute approximate surface area is 114 Å². The Morgan fingerprint density at radius 3 is 3.11 bits per heavy atom. The molecule has 0 bridgehead atoms. The SMILES string of the molecule is CC[C@@H]1C=C2c3cccc4[nH]cc(c34)C[C@H]2N(C)C1. The first-order valence-electron chi connectivity index (χ1n) is 7.29. The molecular weight excluding hydrogens is 232 g/mol. The molecule has 0 saturated carbocycles. The molecule has 0 saturated heterocycles. The highest BCUT2D eigenvalue weighted by molar-refractivity contribution is 5.98. The summed E-state index contributed by atoms with van der Waals surface area (Å²) >= 11 is 0. The molecule has 2 aliphatic rings. The van der Waals surface area contributed by atoms with Crippen molar-refractivity contribution < 1.29 is 0 Å². The molecule has 98 valence electrons. The van der Waals surface area contributed by atoms with Gasteiger partial charge in [0, 0.05) is 29.7 Å². The Bertz CT molecular complexity index is 665. The molecule has 2 nitrogen and oxygen atoms in total. The summed E-state index contributed by atoms with van der Waals surface area (Å²) in [5.41, 5.74) is 5.77. The zero-order valence-electron chi connectivity index (χ0n) is 11.6. The summed E-state index contributed by atoms with van der Waals surface area (Å²) in [4.78, 5) is 5.96. The lowest BCUT2D eigenvalue weighted by Gasteiger charge is -2.39. The second-order valence-electron chi connectivity index (χ2n) is 5.99. The van der Waals surface area contributed by atoms with Gasteiger partial charge in [-0.1, -0.05) is 25.1 Å². The quantitative estimate of drug-likeness (QED) is 0.823. The average molecular weight is 252 g/mol. The van der Waals surface area contributed by atoms with Crippen molar-refractivity contribution in [3.63, 3.8) is 0 Å². The van der Waals surface area contributed by atoms with Crippen molar-refractivity contribution in [2.45, 2.75) is 25.8 Å². The van der Waals surface area contributed by atoms with Crippen molar-refractivity contribution in [3.05, 3.63) is 41.6 Å². The van der Waals surface area contributed by atoms with Gasteiger partial charge in [-0.3, -0.25) is 4.90 Å². The molecule has 2 aromatic rings. The first kappa shape index (κ1) is 11.3. The minimum atomic E-state index is 0.566. The zero-order chi connectivity index (χ0) is 13.0. The van der Waals surface area contributed by atoms with E-state index in [0.717, 1.165) is 6.42 Å². The van der Waals surface area contributed by atoms with Crippen LogP contribution < -0.4 is 0 Å². The summed E-state index contributed by atoms with van der Waals surface area (Å²) in [7, 11) is 2.28. The van der Waals surface area contributed by atoms with Crippen molar-refractivity contribution in [2.75, 3.05) is 13.6 Å². The summed E-state index contributed by atoms with van der Waals surface area (Å²) in [6.45, 7) is 3.49. The van der Waals surface area contributed by atoms with E-state index in [0.29, 0.717) is 12.0 Å². The Hall–Kier alpha value is -1.54. The van der Waals surface area contributed by atoms with E-state index in [2.05, 4.69) is 54.3 Å². The fourth-order valence-electron chi connectivity index (χ4n) is 3.80. The highest BCUT2D eigenvalue weighted by atomic mass is 15.1. The third kappa shape index (κ3) is 1.53. The molecule has 19 heavy (non-hydrogen) atoms. The molecule has 2 heterocycles. The first-order chi connectivity index (χ1) is 9.28. The molecule has 1 aliphatic heterocycles. The van der Waals surface area contributed by atoms with Gasteiger partial charge in [-0.05, 0) is 48.6 Å². The van der Waals surface area contributed by atoms with E-state index in [9.17, 15) is 0 Å². The summed E-state index contributed by atoms with van der Waals surface area (Å²) in [6.07, 6.45) is 7.12. The van der Waals surface area contributed by atoms with Gasteiger partial charge >= 0.3 is 0 Å². The predicted molar refractivity (Wildman–Crippen MR) is 80.2 cm³/mol. The monoisotopic (exact) mass is 252 g/mol. The topological polar surface area (TPSA) is 19.0 Å². The van der Waals surface area contributed by atoms with Crippen LogP contribution in [0.2, 0.25) is 0 Å². The van der Waals surface area contributed by atoms with Crippen LogP contribution in [-0.2, 0) is 6.42 Å². The summed E-state index contributed by atoms with van der Waals surface area (Å²) in [5, 5.41) is 1.45. The van der Waals surface area contributed by atoms with Gasteiger partial charge in [-0.2, -0.15) is 0 Å². The van der Waals surface area contributed by atoms with Gasteiger partial charge in [0.05, 0.1) is 0 Å². The number of nitrogens with one attached hydrogen (secondary N) is 1. The van der Waals surface area contributed by atoms with Crippen LogP contribution in [0.15, 0.2) is 30.5 Å². The highest BCUT2D eigenvalue weighted by Gasteiger charge is 2.32. The van der Waals surface area contributed by atoms with Gasteiger partial charge in [0.15, 0.2) is 0 Å². The van der Waals surface area contributed by atoms with Gasteiger partial charge in [0.25, 0.3) is 0 Å². The van der Waals surface area contributed by atoms with E-state index in [1.54, 1.807) is 5.57 Å². The summed E-state index contributed by atoms with van der Waals surface area (Å²) in [6, 6.07) is 7.23. The minimum Gasteiger partial charge on any atom is -0.361 e. The van der Waals surface area contributed by atoms with Crippen LogP contribution in [0.5, 0.6) is 0 Å². The maximum Gasteiger partial charge on any atom is 0.0462 e. The molecule has 0 unspecified atom stereocenters. The highest BCUT2D eigenvalue weighted by Crippen LogP contribution is 2.40. The molecule has 2 atom stereocenters. The van der Waals surface area contributed by atoms with Crippen molar-refractivity contribution in [2.24, 2.45) is 5.92 Å². The second-order valence-corrected chi connectivity index (χ2v) is 5.99. The molecule has 1 aromatic heterocycles. The van der Waals surface area contributed by atoms with Crippen molar-refractivity contribution in [3.8, 4) is 0 Å². The van der Waals surface area contributed by atoms with Crippen LogP contribution in [0.25, 0.3) is 16.5 Å². The number of fused-ring (bicyclic) bond motifs is 2. The molecule has 0 amide bonds. The summed E-state index contributed by atoms with van der Waals surface area (Å²) in [5.74, 6) is 0.701. The fraction of sp³-hybridized carbons (Fsp3) is 0.412. The van der Waals surface area contributed by atoms with Crippen LogP contribution in [0.4, 0.5) is 0 Å². The molecule has 1 aliphatic carbocycles. The number of hydrogen-bond donors (Lipinski definition) is 1. The second kappa shape index (κ2) is 3.97. The molecule has 0 radical (unpaired) electrons. The van der Waals surface area contributed by atoms with E-state index >= 15 is 0 Å². The number of benzene rings is 1. The van der Waals surface area contributed by atoms with Crippen LogP contribution in [0.3, 0.4) is 0 Å². The Kier molecular flexibility index (Phi) is 2.36. The van der Waals surface area contributed by atoms with E-state index in [4.69, 9.17) is 0 Å². The predicted octanol–water partition coefficient (Wildman–Crippen LogP) is 3.45. The van der Waals surface area contributed by atoms with Crippen molar-refractivity contribution in [1.29, 1.82) is 0 Å². The van der Waals surface area contributed by atoms with E-state index in [1.165, 1.54) is 35.0 Å². The zero-order valence-corrected chi connectivity index (χ0v) is 11.6. The van der Waals surface area contributed by atoms with E-state index in [-0.39, 0.29) is 0 Å². The van der Waals surface area contributed by atoms with Gasteiger partial charge in [-0.25, -0.2) is 0 Å². The molecule has 1 aromatic carbocycles. The van der Waals surface area contributed by atoms with Crippen LogP contribution in [-0.4, -0.2) is 29.5 Å². The third-order valence-electron chi connectivity index (χ3n) is 4.86. The third-order valence-corrected chi connectivity index (χ3v) is 4.86. The molecule has 0 spiro atoms. The van der Waals surface area contributed by atoms with Crippen LogP contribution >= 0.6 is 0 Å². The van der Waals surface area contributed by atoms with Gasteiger partial charge in [-0.15, -0.1) is 0 Å². The molecule has 1 N–H and O–H groups in total. The largest absolute Gasteiger partial charge is 0.361 e. The van der Waals surface area contributed by atoms with Crippen molar-refractivity contribution >= 4 is 16.5 Å². The van der Waals surface area contributed by atoms with Crippen LogP contribution in [0, 0.1) is 5.92 Å². The van der Waals surface area contributed by atoms with Gasteiger partial charge in [0.1, 0.15) is 0 Å². The first-order valence-corrected chi connectivity index (χ1v) is 7.29. The molecule has 0 fully saturated rings. The number of H-pyrrole nitrogens is 1. The van der Waals surface area contributed by atoms with Gasteiger partial charge in [0.2, 0.25) is 0 Å². The molecule has 2 heteroatoms. The number of hydrogen-bond acceptors (Lipinski definition) is 1. The average Bonchev–Trinajstić information content (AvgIpc) is 2.85. The standard InChI is InChI=1S/C17H20N2/c1-3-11-7-14-13-5-4-6-15-17(13)12(9-18-15)8-16(14)19(2)10-11/h4-7,9,11,16,18H,3,8,10H2,1-2H3/t11-,16-/m1/s1. The smallest absolute Gasteiger partial charge is 0.0462 e. The van der Waals surface area contributed by atoms with Crippen LogP contribution in [0.1, 0.15) is 24.5 Å². The number of rotatable bonds is 1. The van der Waals surface area contributed by atoms with Crippen molar-refractivity contribution in [1.82, 2.24) is 9.88 Å². The lowest BCUT2D eigenvalue weighted by molar-refractivity contribution is 0.242. The maximum atomic E-state index is 3.42. The fourth-order valence-corrected chi connectivity index (χ4v) is 3.80. The summed E-state index contributed by atoms with van der Waals surface area (Å²) < 4.78 is 0. The normalized spacial score (nSPS) is 26.3. The molecule has 4 rings (SSSR count). The number of likely N-dealkylation sites (N-methyl/N-ethyl adjacent to an activating group) is 1. The minimum absolute atomic E-state index is 0.566. The Morgan fingerprint density at radius 2 is 2.26 bits per heavy atom. The lowest BCUT2D eigenvalue weighted by Crippen LogP contribution is -2.42. The Morgan fingerprint density at radius 1 is 1.37 bits per heavy atom. The van der Waals surface area contributed by atoms with Gasteiger partial charge < -0.3 is 4.98 Å². The Balaban J connectivity index is 1.97. The van der Waals surface area contributed by atoms with E-state index in [1.807, 2.05) is 0 Å². The number of aromatic amines is 1. The van der Waals surface area contributed by atoms with E-state index < -0.39 is 0 Å². The molecular formula is C17H20N2. The lowest BCUT2D eigenvalue weighted by atomic mass is 9.79. The number of aromatic nitrogens is 1.